The van der Waals surface area contributed by atoms with Crippen molar-refractivity contribution < 1.29 is 9.53 Å². The molecule has 0 amide bonds. The lowest BCUT2D eigenvalue weighted by Gasteiger charge is -2.22. The molecule has 0 aromatic carbocycles. The van der Waals surface area contributed by atoms with Gasteiger partial charge in [-0.1, -0.05) is 11.3 Å². The molecule has 2 heterocycles. The Bertz CT molecular complexity index is 389. The van der Waals surface area contributed by atoms with Gasteiger partial charge in [0.2, 0.25) is 0 Å². The fourth-order valence-corrected chi connectivity index (χ4v) is 4.00. The Kier molecular flexibility index (Phi) is 4.42. The highest BCUT2D eigenvalue weighted by Gasteiger charge is 2.23. The van der Waals surface area contributed by atoms with Crippen LogP contribution in [0.1, 0.15) is 21.8 Å². The number of aldehydes is 1. The summed E-state index contributed by atoms with van der Waals surface area (Å²) < 4.78 is 5.05. The van der Waals surface area contributed by atoms with Gasteiger partial charge in [0.1, 0.15) is 0 Å². The van der Waals surface area contributed by atoms with Gasteiger partial charge in [0.25, 0.3) is 0 Å². The molecule has 0 radical (unpaired) electrons. The quantitative estimate of drug-likeness (QED) is 0.767. The van der Waals surface area contributed by atoms with E-state index < -0.39 is 0 Å². The average molecular weight is 272 g/mol. The van der Waals surface area contributed by atoms with Gasteiger partial charge in [-0.2, -0.15) is 11.8 Å². The van der Waals surface area contributed by atoms with Crippen LogP contribution in [0.25, 0.3) is 0 Å². The number of hydrogen-bond acceptors (Lipinski definition) is 6. The van der Waals surface area contributed by atoms with Crippen LogP contribution in [0.2, 0.25) is 0 Å². The molecule has 0 aliphatic carbocycles. The molecule has 0 spiro atoms. The third-order valence-electron chi connectivity index (χ3n) is 2.86. The van der Waals surface area contributed by atoms with Crippen molar-refractivity contribution in [3.05, 3.63) is 10.6 Å². The minimum Gasteiger partial charge on any atom is -0.378 e. The van der Waals surface area contributed by atoms with Crippen molar-refractivity contribution in [2.45, 2.75) is 19.1 Å². The minimum absolute atomic E-state index is 0.401. The van der Waals surface area contributed by atoms with Gasteiger partial charge < -0.3 is 9.64 Å². The van der Waals surface area contributed by atoms with Gasteiger partial charge >= 0.3 is 0 Å². The van der Waals surface area contributed by atoms with Crippen molar-refractivity contribution in [2.24, 2.45) is 0 Å². The van der Waals surface area contributed by atoms with E-state index in [0.29, 0.717) is 17.5 Å². The molecule has 1 unspecified atom stereocenters. The number of methoxy groups -OCH3 is 1. The monoisotopic (exact) mass is 272 g/mol. The zero-order chi connectivity index (χ0) is 12.3. The molecule has 0 N–H and O–H groups in total. The summed E-state index contributed by atoms with van der Waals surface area (Å²) in [7, 11) is 3.67. The van der Waals surface area contributed by atoms with Gasteiger partial charge in [-0.15, -0.1) is 0 Å². The number of ether oxygens (including phenoxy) is 1. The third-order valence-corrected chi connectivity index (χ3v) is 5.12. The maximum absolute atomic E-state index is 11.0. The number of hydrogen-bond donors (Lipinski definition) is 0. The van der Waals surface area contributed by atoms with Gasteiger partial charge in [-0.3, -0.25) is 4.79 Å². The lowest BCUT2D eigenvalue weighted by atomic mass is 10.2. The number of thioether (sulfide) groups is 1. The lowest BCUT2D eigenvalue weighted by Crippen LogP contribution is -2.31. The molecule has 1 aliphatic rings. The zero-order valence-corrected chi connectivity index (χ0v) is 11.6. The molecule has 17 heavy (non-hydrogen) atoms. The van der Waals surface area contributed by atoms with Crippen LogP contribution in [-0.2, 0) is 11.3 Å². The van der Waals surface area contributed by atoms with Crippen LogP contribution in [0, 0.1) is 0 Å². The number of carbonyl (C=O) groups is 1. The highest BCUT2D eigenvalue weighted by atomic mass is 32.2. The Morgan fingerprint density at radius 3 is 3.06 bits per heavy atom. The molecule has 6 heteroatoms. The highest BCUT2D eigenvalue weighted by molar-refractivity contribution is 7.99. The predicted molar refractivity (Wildman–Crippen MR) is 72.3 cm³/mol. The van der Waals surface area contributed by atoms with E-state index >= 15 is 0 Å². The van der Waals surface area contributed by atoms with Crippen molar-refractivity contribution in [2.75, 3.05) is 30.6 Å². The van der Waals surface area contributed by atoms with E-state index in [2.05, 4.69) is 16.9 Å². The van der Waals surface area contributed by atoms with Crippen molar-refractivity contribution in [3.63, 3.8) is 0 Å². The van der Waals surface area contributed by atoms with Gasteiger partial charge in [0.15, 0.2) is 11.4 Å². The van der Waals surface area contributed by atoms with Gasteiger partial charge in [0.05, 0.1) is 17.2 Å². The van der Waals surface area contributed by atoms with Crippen molar-refractivity contribution in [3.8, 4) is 0 Å². The number of aromatic nitrogens is 1. The first kappa shape index (κ1) is 12.9. The molecule has 94 valence electrons. The molecule has 1 atom stereocenters. The van der Waals surface area contributed by atoms with Crippen molar-refractivity contribution >= 4 is 34.5 Å². The van der Waals surface area contributed by atoms with Crippen LogP contribution in [0.4, 0.5) is 5.13 Å². The van der Waals surface area contributed by atoms with Gasteiger partial charge in [0, 0.05) is 26.0 Å². The second-order valence-electron chi connectivity index (χ2n) is 3.99. The Morgan fingerprint density at radius 1 is 1.65 bits per heavy atom. The van der Waals surface area contributed by atoms with Gasteiger partial charge in [-0.25, -0.2) is 4.98 Å². The van der Waals surface area contributed by atoms with Gasteiger partial charge in [-0.05, 0) is 12.2 Å². The number of rotatable bonds is 5. The second kappa shape index (κ2) is 5.84. The Hall–Kier alpha value is -0.590. The van der Waals surface area contributed by atoms with E-state index in [0.717, 1.165) is 22.9 Å². The number of nitrogens with zero attached hydrogens (tertiary/aromatic N) is 2. The Labute approximate surface area is 109 Å². The molecule has 1 saturated heterocycles. The van der Waals surface area contributed by atoms with E-state index in [-0.39, 0.29) is 0 Å². The Morgan fingerprint density at radius 2 is 2.47 bits per heavy atom. The van der Waals surface area contributed by atoms with E-state index in [4.69, 9.17) is 4.74 Å². The van der Waals surface area contributed by atoms with Crippen LogP contribution in [0.5, 0.6) is 0 Å². The molecule has 0 saturated carbocycles. The van der Waals surface area contributed by atoms with Crippen LogP contribution in [0.3, 0.4) is 0 Å². The number of thiazole rings is 1. The normalized spacial score (nSPS) is 19.5. The number of anilines is 1. The smallest absolute Gasteiger partial charge is 0.186 e. The first-order valence-corrected chi connectivity index (χ1v) is 7.47. The highest BCUT2D eigenvalue weighted by Crippen LogP contribution is 2.30. The zero-order valence-electron chi connectivity index (χ0n) is 10.0. The van der Waals surface area contributed by atoms with Crippen LogP contribution in [0.15, 0.2) is 0 Å². The minimum atomic E-state index is 0.401. The SMILES string of the molecule is COCc1nc(N(C)C2CCSC2)sc1C=O. The maximum atomic E-state index is 11.0. The largest absolute Gasteiger partial charge is 0.378 e. The molecule has 2 rings (SSSR count). The summed E-state index contributed by atoms with van der Waals surface area (Å²) in [6.07, 6.45) is 2.06. The molecule has 1 fully saturated rings. The maximum Gasteiger partial charge on any atom is 0.186 e. The van der Waals surface area contributed by atoms with E-state index in [9.17, 15) is 4.79 Å². The summed E-state index contributed by atoms with van der Waals surface area (Å²) in [5.74, 6) is 2.36. The summed E-state index contributed by atoms with van der Waals surface area (Å²) in [4.78, 5) is 18.3. The van der Waals surface area contributed by atoms with Crippen LogP contribution >= 0.6 is 23.1 Å². The molecule has 1 aromatic heterocycles. The van der Waals surface area contributed by atoms with E-state index in [1.165, 1.54) is 23.5 Å². The Balaban J connectivity index is 2.16. The average Bonchev–Trinajstić information content (AvgIpc) is 2.97. The summed E-state index contributed by atoms with van der Waals surface area (Å²) in [5, 5.41) is 0.923. The predicted octanol–water partition coefficient (Wildman–Crippen LogP) is 2.04. The molecular weight excluding hydrogens is 256 g/mol. The van der Waals surface area contributed by atoms with Crippen LogP contribution < -0.4 is 4.90 Å². The first-order valence-electron chi connectivity index (χ1n) is 5.50. The summed E-state index contributed by atoms with van der Waals surface area (Å²) >= 11 is 3.43. The van der Waals surface area contributed by atoms with Crippen molar-refractivity contribution in [1.82, 2.24) is 4.98 Å². The topological polar surface area (TPSA) is 42.4 Å². The van der Waals surface area contributed by atoms with E-state index in [1.807, 2.05) is 11.8 Å². The summed E-state index contributed by atoms with van der Waals surface area (Å²) in [6.45, 7) is 0.401. The second-order valence-corrected chi connectivity index (χ2v) is 6.15. The first-order chi connectivity index (χ1) is 8.26. The summed E-state index contributed by atoms with van der Waals surface area (Å²) in [5.41, 5.74) is 0.750. The third kappa shape index (κ3) is 2.81. The molecular formula is C11H16N2O2S2. The van der Waals surface area contributed by atoms with Crippen molar-refractivity contribution in [1.29, 1.82) is 0 Å². The standard InChI is InChI=1S/C11H16N2O2S2/c1-13(8-3-4-16-7-8)11-12-9(6-15-2)10(5-14)17-11/h5,8H,3-4,6-7H2,1-2H3. The lowest BCUT2D eigenvalue weighted by molar-refractivity contribution is 0.112. The van der Waals surface area contributed by atoms with Crippen LogP contribution in [-0.4, -0.2) is 43.0 Å². The fraction of sp³-hybridized carbons (Fsp3) is 0.636. The summed E-state index contributed by atoms with van der Waals surface area (Å²) in [6, 6.07) is 0.543. The molecule has 1 aliphatic heterocycles. The molecule has 1 aromatic rings. The number of carbonyl (C=O) groups excluding carboxylic acids is 1. The molecule has 4 nitrogen and oxygen atoms in total. The van der Waals surface area contributed by atoms with E-state index in [1.54, 1.807) is 7.11 Å². The molecule has 0 bridgehead atoms. The fourth-order valence-electron chi connectivity index (χ4n) is 1.82.